The molecular formula is C10H13ClO3S. The molecule has 15 heavy (non-hydrogen) atoms. The average molecular weight is 249 g/mol. The van der Waals surface area contributed by atoms with Crippen molar-refractivity contribution < 1.29 is 13.5 Å². The molecule has 0 saturated heterocycles. The smallest absolute Gasteiger partial charge is 0.156 e. The van der Waals surface area contributed by atoms with E-state index >= 15 is 0 Å². The first kappa shape index (κ1) is 12.5. The van der Waals surface area contributed by atoms with Crippen molar-refractivity contribution in [2.75, 3.05) is 6.26 Å². The molecule has 1 N–H and O–H groups in total. The summed E-state index contributed by atoms with van der Waals surface area (Å²) in [5.74, 6) is 0. The van der Waals surface area contributed by atoms with E-state index in [1.54, 1.807) is 24.3 Å². The van der Waals surface area contributed by atoms with Gasteiger partial charge in [0.05, 0.1) is 6.10 Å². The summed E-state index contributed by atoms with van der Waals surface area (Å²) in [5, 5.41) is 9.01. The van der Waals surface area contributed by atoms with Crippen LogP contribution in [-0.2, 0) is 9.84 Å². The summed E-state index contributed by atoms with van der Waals surface area (Å²) in [6, 6.07) is 6.52. The highest BCUT2D eigenvalue weighted by molar-refractivity contribution is 7.91. The number of sulfone groups is 1. The molecule has 0 heterocycles. The zero-order chi connectivity index (χ0) is 11.6. The van der Waals surface area contributed by atoms with Gasteiger partial charge in [0.2, 0.25) is 0 Å². The first-order valence-electron chi connectivity index (χ1n) is 4.45. The Balaban J connectivity index is 3.23. The van der Waals surface area contributed by atoms with Crippen LogP contribution >= 0.6 is 11.6 Å². The van der Waals surface area contributed by atoms with Gasteiger partial charge in [-0.2, -0.15) is 0 Å². The number of rotatable bonds is 3. The lowest BCUT2D eigenvalue weighted by atomic mass is 10.1. The first-order valence-corrected chi connectivity index (χ1v) is 6.78. The third-order valence-electron chi connectivity index (χ3n) is 2.08. The molecule has 1 rings (SSSR count). The Labute approximate surface area is 94.6 Å². The minimum Gasteiger partial charge on any atom is -0.392 e. The highest BCUT2D eigenvalue weighted by atomic mass is 35.5. The molecule has 3 nitrogen and oxygen atoms in total. The molecule has 0 bridgehead atoms. The SMILES string of the molecule is CC(O)C(c1cccc(Cl)c1)S(C)(=O)=O. The molecule has 0 fully saturated rings. The van der Waals surface area contributed by atoms with Crippen LogP contribution in [-0.4, -0.2) is 25.9 Å². The maximum Gasteiger partial charge on any atom is 0.156 e. The highest BCUT2D eigenvalue weighted by Gasteiger charge is 2.27. The molecule has 0 amide bonds. The molecule has 2 atom stereocenters. The van der Waals surface area contributed by atoms with Gasteiger partial charge in [0.15, 0.2) is 9.84 Å². The molecule has 5 heteroatoms. The molecule has 1 aromatic carbocycles. The summed E-state index contributed by atoms with van der Waals surface area (Å²) in [7, 11) is -3.34. The summed E-state index contributed by atoms with van der Waals surface area (Å²) < 4.78 is 23.0. The van der Waals surface area contributed by atoms with E-state index in [0.29, 0.717) is 10.6 Å². The Hall–Kier alpha value is -0.580. The summed E-state index contributed by atoms with van der Waals surface area (Å²) in [4.78, 5) is 0. The quantitative estimate of drug-likeness (QED) is 0.888. The van der Waals surface area contributed by atoms with Crippen molar-refractivity contribution in [3.8, 4) is 0 Å². The van der Waals surface area contributed by atoms with Crippen molar-refractivity contribution in [2.45, 2.75) is 18.3 Å². The van der Waals surface area contributed by atoms with Gasteiger partial charge in [-0.25, -0.2) is 8.42 Å². The van der Waals surface area contributed by atoms with E-state index in [0.717, 1.165) is 6.26 Å². The maximum atomic E-state index is 11.5. The van der Waals surface area contributed by atoms with Gasteiger partial charge in [-0.05, 0) is 24.6 Å². The Morgan fingerprint density at radius 2 is 2.00 bits per heavy atom. The lowest BCUT2D eigenvalue weighted by molar-refractivity contribution is 0.188. The van der Waals surface area contributed by atoms with Crippen LogP contribution in [0.25, 0.3) is 0 Å². The number of aliphatic hydroxyl groups excluding tert-OH is 1. The van der Waals surface area contributed by atoms with Crippen LogP contribution in [0.5, 0.6) is 0 Å². The number of hydrogen-bond donors (Lipinski definition) is 1. The van der Waals surface area contributed by atoms with E-state index in [1.165, 1.54) is 6.92 Å². The van der Waals surface area contributed by atoms with Gasteiger partial charge in [0, 0.05) is 11.3 Å². The van der Waals surface area contributed by atoms with Crippen LogP contribution in [0.3, 0.4) is 0 Å². The van der Waals surface area contributed by atoms with E-state index in [4.69, 9.17) is 11.6 Å². The standard InChI is InChI=1S/C10H13ClO3S/c1-7(12)10(15(2,13)14)8-4-3-5-9(11)6-8/h3-7,10,12H,1-2H3. The lowest BCUT2D eigenvalue weighted by Gasteiger charge is -2.18. The van der Waals surface area contributed by atoms with Crippen molar-refractivity contribution in [1.82, 2.24) is 0 Å². The Bertz CT molecular complexity index is 440. The predicted octanol–water partition coefficient (Wildman–Crippen LogP) is 1.81. The number of hydrogen-bond acceptors (Lipinski definition) is 3. The lowest BCUT2D eigenvalue weighted by Crippen LogP contribution is -2.23. The van der Waals surface area contributed by atoms with Gasteiger partial charge >= 0.3 is 0 Å². The summed E-state index contributed by atoms with van der Waals surface area (Å²) in [6.45, 7) is 1.45. The van der Waals surface area contributed by atoms with Gasteiger partial charge in [-0.15, -0.1) is 0 Å². The van der Waals surface area contributed by atoms with Crippen molar-refractivity contribution in [3.05, 3.63) is 34.9 Å². The fourth-order valence-corrected chi connectivity index (χ4v) is 3.12. The van der Waals surface area contributed by atoms with E-state index in [-0.39, 0.29) is 0 Å². The summed E-state index contributed by atoms with van der Waals surface area (Å²) in [6.07, 6.45) is 0.143. The van der Waals surface area contributed by atoms with Crippen LogP contribution in [0.4, 0.5) is 0 Å². The molecule has 0 aliphatic carbocycles. The molecule has 0 aromatic heterocycles. The van der Waals surface area contributed by atoms with E-state index in [1.807, 2.05) is 0 Å². The topological polar surface area (TPSA) is 54.4 Å². The Morgan fingerprint density at radius 3 is 2.40 bits per heavy atom. The monoisotopic (exact) mass is 248 g/mol. The van der Waals surface area contributed by atoms with Crippen LogP contribution in [0, 0.1) is 0 Å². The third-order valence-corrected chi connectivity index (χ3v) is 3.90. The third kappa shape index (κ3) is 3.19. The second-order valence-electron chi connectivity index (χ2n) is 3.55. The highest BCUT2D eigenvalue weighted by Crippen LogP contribution is 2.27. The van der Waals surface area contributed by atoms with Crippen LogP contribution in [0.1, 0.15) is 17.7 Å². The number of benzene rings is 1. The second kappa shape index (κ2) is 4.51. The zero-order valence-electron chi connectivity index (χ0n) is 8.51. The minimum atomic E-state index is -3.34. The van der Waals surface area contributed by atoms with E-state index < -0.39 is 21.2 Å². The Morgan fingerprint density at radius 1 is 1.40 bits per heavy atom. The van der Waals surface area contributed by atoms with Crippen molar-refractivity contribution in [3.63, 3.8) is 0 Å². The average Bonchev–Trinajstić information content (AvgIpc) is 1.99. The summed E-state index contributed by atoms with van der Waals surface area (Å²) in [5.41, 5.74) is 0.514. The Kier molecular flexibility index (Phi) is 3.76. The molecule has 0 saturated carbocycles. The van der Waals surface area contributed by atoms with Crippen molar-refractivity contribution in [1.29, 1.82) is 0 Å². The van der Waals surface area contributed by atoms with Gasteiger partial charge < -0.3 is 5.11 Å². The predicted molar refractivity (Wildman–Crippen MR) is 60.7 cm³/mol. The van der Waals surface area contributed by atoms with Gasteiger partial charge in [0.25, 0.3) is 0 Å². The maximum absolute atomic E-state index is 11.5. The molecule has 84 valence electrons. The zero-order valence-corrected chi connectivity index (χ0v) is 10.1. The largest absolute Gasteiger partial charge is 0.392 e. The van der Waals surface area contributed by atoms with Gasteiger partial charge in [-0.1, -0.05) is 23.7 Å². The molecular weight excluding hydrogens is 236 g/mol. The molecule has 2 unspecified atom stereocenters. The normalized spacial score (nSPS) is 16.0. The van der Waals surface area contributed by atoms with Crippen LogP contribution in [0.15, 0.2) is 24.3 Å². The fraction of sp³-hybridized carbons (Fsp3) is 0.400. The minimum absolute atomic E-state index is 0.460. The van der Waals surface area contributed by atoms with Gasteiger partial charge in [0.1, 0.15) is 5.25 Å². The van der Waals surface area contributed by atoms with Gasteiger partial charge in [-0.3, -0.25) is 0 Å². The molecule has 0 aliphatic rings. The van der Waals surface area contributed by atoms with Crippen LogP contribution < -0.4 is 0 Å². The molecule has 1 aromatic rings. The van der Waals surface area contributed by atoms with E-state index in [2.05, 4.69) is 0 Å². The molecule has 0 aliphatic heterocycles. The number of halogens is 1. The second-order valence-corrected chi connectivity index (χ2v) is 6.15. The summed E-state index contributed by atoms with van der Waals surface area (Å²) >= 11 is 5.77. The number of aliphatic hydroxyl groups is 1. The molecule has 0 radical (unpaired) electrons. The fourth-order valence-electron chi connectivity index (χ4n) is 1.57. The van der Waals surface area contributed by atoms with Crippen molar-refractivity contribution >= 4 is 21.4 Å². The van der Waals surface area contributed by atoms with E-state index in [9.17, 15) is 13.5 Å². The molecule has 0 spiro atoms. The first-order chi connectivity index (χ1) is 6.82. The van der Waals surface area contributed by atoms with Crippen LogP contribution in [0.2, 0.25) is 5.02 Å². The van der Waals surface area contributed by atoms with Crippen molar-refractivity contribution in [2.24, 2.45) is 0 Å².